The predicted octanol–water partition coefficient (Wildman–Crippen LogP) is 1.49. The molecule has 1 aliphatic carbocycles. The van der Waals surface area contributed by atoms with Crippen molar-refractivity contribution in [2.75, 3.05) is 0 Å². The molecular weight excluding hydrogens is 240 g/mol. The zero-order valence-electron chi connectivity index (χ0n) is 11.4. The number of carbonyl (C=O) groups excluding carboxylic acids is 1. The summed E-state index contributed by atoms with van der Waals surface area (Å²) in [6, 6.07) is 5.68. The van der Waals surface area contributed by atoms with Crippen molar-refractivity contribution in [3.8, 4) is 0 Å². The van der Waals surface area contributed by atoms with E-state index in [2.05, 4.69) is 5.32 Å². The molecule has 1 aromatic rings. The molecule has 0 aromatic heterocycles. The molecule has 4 N–H and O–H groups in total. The first-order chi connectivity index (χ1) is 9.08. The van der Waals surface area contributed by atoms with Crippen molar-refractivity contribution in [3.05, 3.63) is 34.9 Å². The van der Waals surface area contributed by atoms with Crippen molar-refractivity contribution in [1.82, 2.24) is 5.32 Å². The van der Waals surface area contributed by atoms with Crippen molar-refractivity contribution in [2.45, 2.75) is 51.3 Å². The van der Waals surface area contributed by atoms with Crippen LogP contribution in [0.15, 0.2) is 18.2 Å². The highest BCUT2D eigenvalue weighted by atomic mass is 16.3. The highest BCUT2D eigenvalue weighted by molar-refractivity contribution is 5.93. The topological polar surface area (TPSA) is 75.4 Å². The maximum atomic E-state index is 11.1. The summed E-state index contributed by atoms with van der Waals surface area (Å²) in [4.78, 5) is 11.1. The summed E-state index contributed by atoms with van der Waals surface area (Å²) in [6.45, 7) is 2.69. The standard InChI is InChI=1S/C15H22N2O2/c1-10-8-11(15(16)19)6-7-12(10)9-17-13-4-2-3-5-14(13)18/h6-8,13-14,17-18H,2-5,9H2,1H3,(H2,16,19). The second-order valence-electron chi connectivity index (χ2n) is 5.34. The molecule has 2 rings (SSSR count). The van der Waals surface area contributed by atoms with E-state index < -0.39 is 5.91 Å². The molecular formula is C15H22N2O2. The predicted molar refractivity (Wildman–Crippen MR) is 74.8 cm³/mol. The van der Waals surface area contributed by atoms with Crippen LogP contribution in [0.25, 0.3) is 0 Å². The Bertz CT molecular complexity index is 459. The molecule has 4 nitrogen and oxygen atoms in total. The lowest BCUT2D eigenvalue weighted by Crippen LogP contribution is -2.41. The third kappa shape index (κ3) is 3.55. The molecule has 0 aliphatic heterocycles. The van der Waals surface area contributed by atoms with Gasteiger partial charge in [0.2, 0.25) is 5.91 Å². The number of benzene rings is 1. The first kappa shape index (κ1) is 14.0. The minimum absolute atomic E-state index is 0.184. The van der Waals surface area contributed by atoms with Crippen LogP contribution in [0.1, 0.15) is 47.2 Å². The van der Waals surface area contributed by atoms with E-state index in [1.165, 1.54) is 6.42 Å². The Morgan fingerprint density at radius 1 is 1.42 bits per heavy atom. The molecule has 2 unspecified atom stereocenters. The van der Waals surface area contributed by atoms with E-state index in [9.17, 15) is 9.90 Å². The van der Waals surface area contributed by atoms with E-state index in [-0.39, 0.29) is 12.1 Å². The largest absolute Gasteiger partial charge is 0.392 e. The summed E-state index contributed by atoms with van der Waals surface area (Å²) in [7, 11) is 0. The summed E-state index contributed by atoms with van der Waals surface area (Å²) in [5.74, 6) is -0.398. The number of hydrogen-bond donors (Lipinski definition) is 3. The van der Waals surface area contributed by atoms with Gasteiger partial charge in [-0.2, -0.15) is 0 Å². The zero-order chi connectivity index (χ0) is 13.8. The third-order valence-corrected chi connectivity index (χ3v) is 3.91. The van der Waals surface area contributed by atoms with E-state index >= 15 is 0 Å². The smallest absolute Gasteiger partial charge is 0.248 e. The Morgan fingerprint density at radius 3 is 2.79 bits per heavy atom. The van der Waals surface area contributed by atoms with Gasteiger partial charge in [0.15, 0.2) is 0 Å². The van der Waals surface area contributed by atoms with Gasteiger partial charge in [-0.25, -0.2) is 0 Å². The van der Waals surface area contributed by atoms with Crippen LogP contribution in [0.2, 0.25) is 0 Å². The number of hydrogen-bond acceptors (Lipinski definition) is 3. The van der Waals surface area contributed by atoms with Crippen LogP contribution in [-0.4, -0.2) is 23.2 Å². The quantitative estimate of drug-likeness (QED) is 0.769. The van der Waals surface area contributed by atoms with Crippen LogP contribution in [0.4, 0.5) is 0 Å². The van der Waals surface area contributed by atoms with Crippen LogP contribution >= 0.6 is 0 Å². The lowest BCUT2D eigenvalue weighted by molar-refractivity contribution is 0.0902. The molecule has 0 spiro atoms. The fourth-order valence-corrected chi connectivity index (χ4v) is 2.64. The zero-order valence-corrected chi connectivity index (χ0v) is 11.4. The number of rotatable bonds is 4. The monoisotopic (exact) mass is 262 g/mol. The van der Waals surface area contributed by atoms with E-state index in [0.717, 1.165) is 30.4 Å². The summed E-state index contributed by atoms with van der Waals surface area (Å²) in [6.07, 6.45) is 3.97. The summed E-state index contributed by atoms with van der Waals surface area (Å²) < 4.78 is 0. The first-order valence-electron chi connectivity index (χ1n) is 6.88. The molecule has 2 atom stereocenters. The number of aliphatic hydroxyl groups excluding tert-OH is 1. The molecule has 0 bridgehead atoms. The normalized spacial score (nSPS) is 23.3. The Morgan fingerprint density at radius 2 is 2.16 bits per heavy atom. The van der Waals surface area contributed by atoms with Gasteiger partial charge in [-0.05, 0) is 43.0 Å². The summed E-state index contributed by atoms with van der Waals surface area (Å²) in [5.41, 5.74) is 7.99. The molecule has 0 saturated heterocycles. The lowest BCUT2D eigenvalue weighted by Gasteiger charge is -2.28. The number of amides is 1. The van der Waals surface area contributed by atoms with Gasteiger partial charge >= 0.3 is 0 Å². The van der Waals surface area contributed by atoms with E-state index in [4.69, 9.17) is 5.73 Å². The van der Waals surface area contributed by atoms with Crippen molar-refractivity contribution in [1.29, 1.82) is 0 Å². The van der Waals surface area contributed by atoms with Crippen LogP contribution in [0.5, 0.6) is 0 Å². The second-order valence-corrected chi connectivity index (χ2v) is 5.34. The molecule has 1 fully saturated rings. The summed E-state index contributed by atoms with van der Waals surface area (Å²) >= 11 is 0. The van der Waals surface area contributed by atoms with Crippen molar-refractivity contribution in [3.63, 3.8) is 0 Å². The average Bonchev–Trinajstić information content (AvgIpc) is 2.39. The number of primary amides is 1. The maximum Gasteiger partial charge on any atom is 0.248 e. The van der Waals surface area contributed by atoms with Crippen molar-refractivity contribution in [2.24, 2.45) is 5.73 Å². The fraction of sp³-hybridized carbons (Fsp3) is 0.533. The van der Waals surface area contributed by atoms with E-state index in [1.807, 2.05) is 19.1 Å². The number of nitrogens with two attached hydrogens (primary N) is 1. The molecule has 0 radical (unpaired) electrons. The van der Waals surface area contributed by atoms with Gasteiger partial charge in [-0.15, -0.1) is 0 Å². The lowest BCUT2D eigenvalue weighted by atomic mass is 9.92. The third-order valence-electron chi connectivity index (χ3n) is 3.91. The molecule has 104 valence electrons. The maximum absolute atomic E-state index is 11.1. The number of aliphatic hydroxyl groups is 1. The Kier molecular flexibility index (Phi) is 4.56. The average molecular weight is 262 g/mol. The van der Waals surface area contributed by atoms with Gasteiger partial charge in [0.25, 0.3) is 0 Å². The van der Waals surface area contributed by atoms with Crippen LogP contribution in [0.3, 0.4) is 0 Å². The van der Waals surface area contributed by atoms with Gasteiger partial charge in [-0.1, -0.05) is 18.9 Å². The van der Waals surface area contributed by atoms with Gasteiger partial charge in [0.05, 0.1) is 6.10 Å². The Hall–Kier alpha value is -1.39. The Balaban J connectivity index is 1.97. The molecule has 1 aromatic carbocycles. The van der Waals surface area contributed by atoms with Crippen molar-refractivity contribution < 1.29 is 9.90 Å². The second kappa shape index (κ2) is 6.17. The number of aryl methyl sites for hydroxylation is 1. The van der Waals surface area contributed by atoms with Crippen LogP contribution < -0.4 is 11.1 Å². The molecule has 0 heterocycles. The molecule has 1 aliphatic rings. The minimum Gasteiger partial charge on any atom is -0.392 e. The minimum atomic E-state index is -0.398. The first-order valence-corrected chi connectivity index (χ1v) is 6.88. The number of nitrogens with one attached hydrogen (secondary N) is 1. The van der Waals surface area contributed by atoms with Gasteiger partial charge < -0.3 is 16.2 Å². The summed E-state index contributed by atoms with van der Waals surface area (Å²) in [5, 5.41) is 13.3. The molecule has 4 heteroatoms. The fourth-order valence-electron chi connectivity index (χ4n) is 2.64. The van der Waals surface area contributed by atoms with Crippen molar-refractivity contribution >= 4 is 5.91 Å². The SMILES string of the molecule is Cc1cc(C(N)=O)ccc1CNC1CCCCC1O. The van der Waals surface area contributed by atoms with Crippen LogP contribution in [0, 0.1) is 6.92 Å². The van der Waals surface area contributed by atoms with Gasteiger partial charge in [0.1, 0.15) is 0 Å². The molecule has 1 amide bonds. The Labute approximate surface area is 114 Å². The van der Waals surface area contributed by atoms with E-state index in [1.54, 1.807) is 6.07 Å². The van der Waals surface area contributed by atoms with Gasteiger partial charge in [-0.3, -0.25) is 4.79 Å². The molecule has 1 saturated carbocycles. The highest BCUT2D eigenvalue weighted by Gasteiger charge is 2.22. The number of carbonyl (C=O) groups is 1. The van der Waals surface area contributed by atoms with E-state index in [0.29, 0.717) is 12.1 Å². The highest BCUT2D eigenvalue weighted by Crippen LogP contribution is 2.19. The van der Waals surface area contributed by atoms with Gasteiger partial charge in [0, 0.05) is 18.2 Å². The van der Waals surface area contributed by atoms with Crippen LogP contribution in [-0.2, 0) is 6.54 Å². The molecule has 19 heavy (non-hydrogen) atoms.